The van der Waals surface area contributed by atoms with Crippen molar-refractivity contribution in [3.8, 4) is 0 Å². The quantitative estimate of drug-likeness (QED) is 0.686. The summed E-state index contributed by atoms with van der Waals surface area (Å²) in [7, 11) is -1.33. The molecule has 3 heteroatoms. The van der Waals surface area contributed by atoms with E-state index in [1.165, 1.54) is 5.57 Å². The van der Waals surface area contributed by atoms with E-state index >= 15 is 0 Å². The van der Waals surface area contributed by atoms with E-state index in [0.29, 0.717) is 6.42 Å². The molecular weight excluding hydrogens is 211 g/mol. The maximum Gasteiger partial charge on any atom is 0.463 e. The first-order chi connectivity index (χ1) is 7.51. The van der Waals surface area contributed by atoms with Gasteiger partial charge in [0.2, 0.25) is 0 Å². The van der Waals surface area contributed by atoms with Crippen molar-refractivity contribution in [1.82, 2.24) is 0 Å². The first-order valence-corrected chi connectivity index (χ1v) is 6.26. The minimum atomic E-state index is -1.33. The van der Waals surface area contributed by atoms with Gasteiger partial charge in [0.1, 0.15) is 0 Å². The third-order valence-corrected chi connectivity index (χ3v) is 3.99. The van der Waals surface area contributed by atoms with Gasteiger partial charge in [-0.25, -0.2) is 0 Å². The van der Waals surface area contributed by atoms with Crippen LogP contribution in [0.4, 0.5) is 0 Å². The summed E-state index contributed by atoms with van der Waals surface area (Å²) in [5.74, 6) is 0. The van der Waals surface area contributed by atoms with Crippen LogP contribution in [0.5, 0.6) is 0 Å². The van der Waals surface area contributed by atoms with E-state index in [9.17, 15) is 10.0 Å². The van der Waals surface area contributed by atoms with Crippen LogP contribution in [0.3, 0.4) is 0 Å². The average Bonchev–Trinajstić information content (AvgIpc) is 2.14. The van der Waals surface area contributed by atoms with Crippen molar-refractivity contribution >= 4 is 7.12 Å². The van der Waals surface area contributed by atoms with Gasteiger partial charge in [-0.15, -0.1) is 0 Å². The smallest absolute Gasteiger partial charge is 0.426 e. The zero-order valence-corrected chi connectivity index (χ0v) is 11.9. The molecule has 0 saturated heterocycles. The summed E-state index contributed by atoms with van der Waals surface area (Å²) in [5, 5.41) is 19.1. The molecule has 0 bridgehead atoms. The molecule has 0 aromatic rings. The Morgan fingerprint density at radius 2 is 1.65 bits per heavy atom. The van der Waals surface area contributed by atoms with Crippen molar-refractivity contribution in [3.05, 3.63) is 23.8 Å². The molecular formula is C14H25BO2. The summed E-state index contributed by atoms with van der Waals surface area (Å²) in [6.45, 7) is 12.7. The third-order valence-electron chi connectivity index (χ3n) is 3.99. The van der Waals surface area contributed by atoms with Crippen LogP contribution in [-0.2, 0) is 0 Å². The third kappa shape index (κ3) is 2.66. The predicted molar refractivity (Wildman–Crippen MR) is 73.6 cm³/mol. The maximum atomic E-state index is 9.82. The lowest BCUT2D eigenvalue weighted by atomic mass is 9.43. The van der Waals surface area contributed by atoms with Crippen molar-refractivity contribution < 1.29 is 10.0 Å². The van der Waals surface area contributed by atoms with Crippen molar-refractivity contribution in [2.24, 2.45) is 10.8 Å². The molecule has 1 aliphatic carbocycles. The van der Waals surface area contributed by atoms with Crippen LogP contribution in [0, 0.1) is 10.8 Å². The Labute approximate surface area is 106 Å². The molecule has 0 aliphatic heterocycles. The zero-order chi connectivity index (χ0) is 13.5. The molecule has 96 valence electrons. The Balaban J connectivity index is 3.17. The molecule has 0 radical (unpaired) electrons. The monoisotopic (exact) mass is 236 g/mol. The van der Waals surface area contributed by atoms with Crippen molar-refractivity contribution in [3.63, 3.8) is 0 Å². The van der Waals surface area contributed by atoms with Crippen LogP contribution in [0.15, 0.2) is 23.8 Å². The van der Waals surface area contributed by atoms with Crippen molar-refractivity contribution in [2.45, 2.75) is 53.3 Å². The van der Waals surface area contributed by atoms with E-state index in [2.05, 4.69) is 47.6 Å². The molecule has 2 N–H and O–H groups in total. The van der Waals surface area contributed by atoms with E-state index in [1.807, 2.05) is 12.2 Å². The minimum absolute atomic E-state index is 0.0656. The maximum absolute atomic E-state index is 9.82. The Morgan fingerprint density at radius 3 is 2.00 bits per heavy atom. The van der Waals surface area contributed by atoms with Gasteiger partial charge in [-0.05, 0) is 17.3 Å². The number of hydrogen-bond acceptors (Lipinski definition) is 2. The van der Waals surface area contributed by atoms with E-state index in [1.54, 1.807) is 0 Å². The molecule has 0 amide bonds. The fourth-order valence-corrected chi connectivity index (χ4v) is 2.36. The highest BCUT2D eigenvalue weighted by atomic mass is 16.4. The lowest BCUT2D eigenvalue weighted by Crippen LogP contribution is -2.43. The second-order valence-electron chi connectivity index (χ2n) is 7.14. The lowest BCUT2D eigenvalue weighted by Gasteiger charge is -2.46. The van der Waals surface area contributed by atoms with Gasteiger partial charge < -0.3 is 10.0 Å². The van der Waals surface area contributed by atoms with E-state index in [0.717, 1.165) is 0 Å². The largest absolute Gasteiger partial charge is 0.463 e. The van der Waals surface area contributed by atoms with Gasteiger partial charge in [-0.1, -0.05) is 65.3 Å². The zero-order valence-electron chi connectivity index (χ0n) is 11.9. The average molecular weight is 236 g/mol. The number of rotatable bonds is 1. The molecule has 2 nitrogen and oxygen atoms in total. The van der Waals surface area contributed by atoms with Crippen LogP contribution in [0.2, 0.25) is 5.31 Å². The highest BCUT2D eigenvalue weighted by Gasteiger charge is 2.50. The Kier molecular flexibility index (Phi) is 3.67. The van der Waals surface area contributed by atoms with E-state index in [-0.39, 0.29) is 10.8 Å². The summed E-state index contributed by atoms with van der Waals surface area (Å²) in [5.41, 5.74) is 1.14. The molecule has 0 saturated carbocycles. The summed E-state index contributed by atoms with van der Waals surface area (Å²) in [6.07, 6.45) is 6.72. The van der Waals surface area contributed by atoms with Crippen LogP contribution >= 0.6 is 0 Å². The van der Waals surface area contributed by atoms with Gasteiger partial charge in [0, 0.05) is 5.31 Å². The normalized spacial score (nSPS) is 25.8. The Hall–Kier alpha value is -0.535. The summed E-state index contributed by atoms with van der Waals surface area (Å²) in [6, 6.07) is 0. The van der Waals surface area contributed by atoms with Gasteiger partial charge in [-0.3, -0.25) is 0 Å². The Morgan fingerprint density at radius 1 is 1.12 bits per heavy atom. The second-order valence-corrected chi connectivity index (χ2v) is 7.14. The molecule has 0 heterocycles. The minimum Gasteiger partial charge on any atom is -0.426 e. The van der Waals surface area contributed by atoms with Gasteiger partial charge >= 0.3 is 7.12 Å². The SMILES string of the molecule is CC(C)(C)C1=CC=CC(B(O)O)(C(C)(C)C)C1. The molecule has 1 rings (SSSR count). The second kappa shape index (κ2) is 4.29. The van der Waals surface area contributed by atoms with Gasteiger partial charge in [0.25, 0.3) is 0 Å². The predicted octanol–water partition coefficient (Wildman–Crippen LogP) is 3.18. The fraction of sp³-hybridized carbons (Fsp3) is 0.714. The lowest BCUT2D eigenvalue weighted by molar-refractivity contribution is 0.226. The summed E-state index contributed by atoms with van der Waals surface area (Å²) >= 11 is 0. The highest BCUT2D eigenvalue weighted by molar-refractivity contribution is 6.47. The first kappa shape index (κ1) is 14.5. The van der Waals surface area contributed by atoms with Crippen LogP contribution in [-0.4, -0.2) is 17.2 Å². The molecule has 1 unspecified atom stereocenters. The molecule has 0 aromatic heterocycles. The fourth-order valence-electron chi connectivity index (χ4n) is 2.36. The number of hydrogen-bond donors (Lipinski definition) is 2. The Bertz CT molecular complexity index is 342. The van der Waals surface area contributed by atoms with E-state index in [4.69, 9.17) is 0 Å². The van der Waals surface area contributed by atoms with Crippen LogP contribution < -0.4 is 0 Å². The van der Waals surface area contributed by atoms with Crippen molar-refractivity contribution in [2.75, 3.05) is 0 Å². The van der Waals surface area contributed by atoms with Gasteiger partial charge in [0.15, 0.2) is 0 Å². The standard InChI is InChI=1S/C14H25BO2/c1-12(2,3)11-8-7-9-14(10-11,15(16)17)13(4,5)6/h7-9,16-17H,10H2,1-6H3. The molecule has 1 atom stereocenters. The molecule has 0 fully saturated rings. The van der Waals surface area contributed by atoms with E-state index < -0.39 is 12.4 Å². The topological polar surface area (TPSA) is 40.5 Å². The molecule has 1 aliphatic rings. The van der Waals surface area contributed by atoms with Gasteiger partial charge in [0.05, 0.1) is 0 Å². The molecule has 17 heavy (non-hydrogen) atoms. The number of allylic oxidation sites excluding steroid dienone is 4. The van der Waals surface area contributed by atoms with Gasteiger partial charge in [-0.2, -0.15) is 0 Å². The molecule has 0 spiro atoms. The highest BCUT2D eigenvalue weighted by Crippen LogP contribution is 2.56. The summed E-state index contributed by atoms with van der Waals surface area (Å²) < 4.78 is 0. The molecule has 0 aromatic carbocycles. The van der Waals surface area contributed by atoms with Crippen LogP contribution in [0.1, 0.15) is 48.0 Å². The summed E-state index contributed by atoms with van der Waals surface area (Å²) in [4.78, 5) is 0. The van der Waals surface area contributed by atoms with Crippen LogP contribution in [0.25, 0.3) is 0 Å². The van der Waals surface area contributed by atoms with Crippen molar-refractivity contribution in [1.29, 1.82) is 0 Å². The first-order valence-electron chi connectivity index (χ1n) is 6.26.